The van der Waals surface area contributed by atoms with Crippen LogP contribution in [0.3, 0.4) is 0 Å². The Kier molecular flexibility index (Phi) is 8.17. The lowest BCUT2D eigenvalue weighted by Gasteiger charge is -2.29. The minimum atomic E-state index is 0.868. The zero-order valence-corrected chi connectivity index (χ0v) is 33.2. The molecule has 0 bridgehead atoms. The van der Waals surface area contributed by atoms with Crippen LogP contribution in [-0.4, -0.2) is 4.57 Å². The molecule has 0 saturated carbocycles. The van der Waals surface area contributed by atoms with Crippen molar-refractivity contribution in [3.8, 4) is 39.1 Å². The van der Waals surface area contributed by atoms with Crippen molar-refractivity contribution in [2.75, 3.05) is 4.90 Å². The molecule has 286 valence electrons. The number of anilines is 3. The summed E-state index contributed by atoms with van der Waals surface area (Å²) in [5, 5.41) is 6.91. The SMILES string of the molecule is c1ccc(-c2ccc(N(c3ccccc3-c3ccccc3)c3cc4ccccc4c4c3c3cc(-c5ccccc5)ccc3n4-c3ccc4c(c3)oc3ccccc34)cc2)cc1. The van der Waals surface area contributed by atoms with Crippen LogP contribution < -0.4 is 4.90 Å². The first-order valence-corrected chi connectivity index (χ1v) is 20.8. The van der Waals surface area contributed by atoms with Gasteiger partial charge < -0.3 is 13.9 Å². The van der Waals surface area contributed by atoms with E-state index in [1.165, 1.54) is 38.4 Å². The first kappa shape index (κ1) is 34.9. The topological polar surface area (TPSA) is 21.3 Å². The molecule has 0 aliphatic carbocycles. The number of nitrogens with zero attached hydrogens (tertiary/aromatic N) is 2. The van der Waals surface area contributed by atoms with Gasteiger partial charge in [0.1, 0.15) is 11.2 Å². The lowest BCUT2D eigenvalue weighted by atomic mass is 9.97. The molecule has 0 aliphatic rings. The van der Waals surface area contributed by atoms with Crippen molar-refractivity contribution < 1.29 is 4.42 Å². The van der Waals surface area contributed by atoms with Crippen LogP contribution in [0.2, 0.25) is 0 Å². The fourth-order valence-electron chi connectivity index (χ4n) is 9.34. The predicted octanol–water partition coefficient (Wildman–Crippen LogP) is 16.3. The van der Waals surface area contributed by atoms with Crippen molar-refractivity contribution in [2.45, 2.75) is 0 Å². The number of furan rings is 1. The van der Waals surface area contributed by atoms with Gasteiger partial charge in [0, 0.05) is 49.9 Å². The predicted molar refractivity (Wildman–Crippen MR) is 257 cm³/mol. The Hall–Kier alpha value is -8.14. The zero-order chi connectivity index (χ0) is 40.3. The smallest absolute Gasteiger partial charge is 0.137 e. The maximum absolute atomic E-state index is 6.53. The quantitative estimate of drug-likeness (QED) is 0.161. The first-order chi connectivity index (χ1) is 30.3. The van der Waals surface area contributed by atoms with Crippen molar-refractivity contribution in [3.05, 3.63) is 231 Å². The third-order valence-electron chi connectivity index (χ3n) is 12.2. The Morgan fingerprint density at radius 2 is 0.951 bits per heavy atom. The van der Waals surface area contributed by atoms with Gasteiger partial charge in [-0.2, -0.15) is 0 Å². The average Bonchev–Trinajstić information content (AvgIpc) is 3.88. The Bertz CT molecular complexity index is 3570. The van der Waals surface area contributed by atoms with Crippen molar-refractivity contribution >= 4 is 71.6 Å². The Labute approximate surface area is 353 Å². The lowest BCUT2D eigenvalue weighted by molar-refractivity contribution is 0.668. The molecular formula is C58H38N2O. The van der Waals surface area contributed by atoms with Crippen LogP contribution in [0.25, 0.3) is 93.6 Å². The Morgan fingerprint density at radius 1 is 0.361 bits per heavy atom. The molecule has 0 saturated heterocycles. The second kappa shape index (κ2) is 14.3. The van der Waals surface area contributed by atoms with E-state index in [1.807, 2.05) is 6.07 Å². The van der Waals surface area contributed by atoms with Crippen LogP contribution in [0.1, 0.15) is 0 Å². The number of benzene rings is 10. The average molecular weight is 779 g/mol. The number of rotatable bonds is 7. The number of hydrogen-bond acceptors (Lipinski definition) is 2. The summed E-state index contributed by atoms with van der Waals surface area (Å²) < 4.78 is 8.99. The highest BCUT2D eigenvalue weighted by molar-refractivity contribution is 6.25. The maximum atomic E-state index is 6.53. The van der Waals surface area contributed by atoms with Gasteiger partial charge in [0.05, 0.1) is 22.4 Å². The van der Waals surface area contributed by atoms with Gasteiger partial charge in [0.15, 0.2) is 0 Å². The number of aromatic nitrogens is 1. The van der Waals surface area contributed by atoms with Gasteiger partial charge >= 0.3 is 0 Å². The second-order valence-electron chi connectivity index (χ2n) is 15.7. The lowest BCUT2D eigenvalue weighted by Crippen LogP contribution is -2.12. The Morgan fingerprint density at radius 3 is 1.72 bits per heavy atom. The molecule has 0 radical (unpaired) electrons. The zero-order valence-electron chi connectivity index (χ0n) is 33.2. The molecule has 3 heteroatoms. The molecule has 12 rings (SSSR count). The fraction of sp³-hybridized carbons (Fsp3) is 0. The van der Waals surface area contributed by atoms with Crippen molar-refractivity contribution in [1.82, 2.24) is 4.57 Å². The van der Waals surface area contributed by atoms with Gasteiger partial charge in [-0.1, -0.05) is 170 Å². The molecule has 2 heterocycles. The highest BCUT2D eigenvalue weighted by Crippen LogP contribution is 2.50. The summed E-state index contributed by atoms with van der Waals surface area (Å²) in [5.41, 5.74) is 15.4. The molecule has 0 aliphatic heterocycles. The monoisotopic (exact) mass is 778 g/mol. The molecule has 0 spiro atoms. The largest absolute Gasteiger partial charge is 0.456 e. The molecule has 0 N–H and O–H groups in total. The minimum absolute atomic E-state index is 0.868. The molecule has 0 amide bonds. The van der Waals surface area contributed by atoms with Gasteiger partial charge in [-0.15, -0.1) is 0 Å². The first-order valence-electron chi connectivity index (χ1n) is 20.8. The molecule has 0 unspecified atom stereocenters. The summed E-state index contributed by atoms with van der Waals surface area (Å²) in [6, 6.07) is 83.1. The van der Waals surface area contributed by atoms with Gasteiger partial charge in [0.2, 0.25) is 0 Å². The fourth-order valence-corrected chi connectivity index (χ4v) is 9.34. The van der Waals surface area contributed by atoms with Crippen LogP contribution >= 0.6 is 0 Å². The third-order valence-corrected chi connectivity index (χ3v) is 12.2. The highest BCUT2D eigenvalue weighted by Gasteiger charge is 2.26. The molecule has 0 atom stereocenters. The summed E-state index contributed by atoms with van der Waals surface area (Å²) >= 11 is 0. The minimum Gasteiger partial charge on any atom is -0.456 e. The van der Waals surface area contributed by atoms with Gasteiger partial charge in [0.25, 0.3) is 0 Å². The van der Waals surface area contributed by atoms with E-state index in [-0.39, 0.29) is 0 Å². The van der Waals surface area contributed by atoms with E-state index in [2.05, 4.69) is 234 Å². The van der Waals surface area contributed by atoms with E-state index in [1.54, 1.807) is 0 Å². The van der Waals surface area contributed by atoms with Crippen LogP contribution in [0.4, 0.5) is 17.1 Å². The van der Waals surface area contributed by atoms with Crippen molar-refractivity contribution in [2.24, 2.45) is 0 Å². The van der Waals surface area contributed by atoms with Gasteiger partial charge in [-0.05, 0) is 87.8 Å². The van der Waals surface area contributed by atoms with E-state index in [4.69, 9.17) is 4.42 Å². The maximum Gasteiger partial charge on any atom is 0.137 e. The second-order valence-corrected chi connectivity index (χ2v) is 15.7. The molecule has 12 aromatic rings. The molecule has 10 aromatic carbocycles. The molecule has 61 heavy (non-hydrogen) atoms. The molecule has 2 aromatic heterocycles. The Balaban J connectivity index is 1.21. The number of para-hydroxylation sites is 2. The normalized spacial score (nSPS) is 11.6. The summed E-state index contributed by atoms with van der Waals surface area (Å²) in [6.45, 7) is 0. The number of hydrogen-bond donors (Lipinski definition) is 0. The molecular weight excluding hydrogens is 741 g/mol. The summed E-state index contributed by atoms with van der Waals surface area (Å²) in [5.74, 6) is 0. The van der Waals surface area contributed by atoms with Crippen molar-refractivity contribution in [3.63, 3.8) is 0 Å². The van der Waals surface area contributed by atoms with Crippen LogP contribution in [0, 0.1) is 0 Å². The third kappa shape index (κ3) is 5.82. The van der Waals surface area contributed by atoms with Crippen LogP contribution in [0.5, 0.6) is 0 Å². The highest BCUT2D eigenvalue weighted by atomic mass is 16.3. The summed E-state index contributed by atoms with van der Waals surface area (Å²) in [4.78, 5) is 2.48. The van der Waals surface area contributed by atoms with E-state index in [0.717, 1.165) is 72.2 Å². The summed E-state index contributed by atoms with van der Waals surface area (Å²) in [6.07, 6.45) is 0. The van der Waals surface area contributed by atoms with E-state index in [0.29, 0.717) is 0 Å². The van der Waals surface area contributed by atoms with E-state index >= 15 is 0 Å². The van der Waals surface area contributed by atoms with E-state index < -0.39 is 0 Å². The standard InChI is InChI=1S/C58H38N2O/c1-4-16-39(17-5-1)41-28-31-45(32-29-41)59(52-26-14-12-23-47(52)42-20-8-3-9-21-42)54-37-44-22-10-11-24-48(44)58-57(54)51-36-43(40-18-6-2-7-19-40)30-35-53(51)60(58)46-33-34-50-49-25-13-15-27-55(49)61-56(50)38-46/h1-38H. The van der Waals surface area contributed by atoms with Gasteiger partial charge in [-0.25, -0.2) is 0 Å². The molecule has 3 nitrogen and oxygen atoms in total. The summed E-state index contributed by atoms with van der Waals surface area (Å²) in [7, 11) is 0. The van der Waals surface area contributed by atoms with Crippen LogP contribution in [0.15, 0.2) is 235 Å². The van der Waals surface area contributed by atoms with Crippen LogP contribution in [-0.2, 0) is 0 Å². The van der Waals surface area contributed by atoms with Crippen molar-refractivity contribution in [1.29, 1.82) is 0 Å². The molecule has 0 fully saturated rings. The van der Waals surface area contributed by atoms with Gasteiger partial charge in [-0.3, -0.25) is 0 Å². The number of fused-ring (bicyclic) bond motifs is 8. The van der Waals surface area contributed by atoms with E-state index in [9.17, 15) is 0 Å².